The van der Waals surface area contributed by atoms with Crippen molar-refractivity contribution in [2.45, 2.75) is 45.8 Å². The summed E-state index contributed by atoms with van der Waals surface area (Å²) in [5, 5.41) is 0. The molecule has 0 amide bonds. The number of aryl methyl sites for hydroxylation is 1. The van der Waals surface area contributed by atoms with Gasteiger partial charge in [-0.15, -0.1) is 0 Å². The minimum absolute atomic E-state index is 0.0414. The molecule has 1 aromatic carbocycles. The molecule has 1 saturated heterocycles. The summed E-state index contributed by atoms with van der Waals surface area (Å²) in [6.07, 6.45) is 2.43. The Morgan fingerprint density at radius 2 is 1.90 bits per heavy atom. The normalized spacial score (nSPS) is 18.9. The number of likely N-dealkylation sites (tertiary alicyclic amines) is 1. The molecule has 2 rings (SSSR count). The van der Waals surface area contributed by atoms with E-state index in [0.29, 0.717) is 6.10 Å². The van der Waals surface area contributed by atoms with E-state index in [0.717, 1.165) is 38.1 Å². The summed E-state index contributed by atoms with van der Waals surface area (Å²) < 4.78 is 5.66. The summed E-state index contributed by atoms with van der Waals surface area (Å²) >= 11 is 0. The van der Waals surface area contributed by atoms with Crippen molar-refractivity contribution in [1.29, 1.82) is 0 Å². The Balaban J connectivity index is 1.93. The van der Waals surface area contributed by atoms with Gasteiger partial charge in [0.25, 0.3) is 0 Å². The number of ether oxygens (including phenoxy) is 1. The fourth-order valence-electron chi connectivity index (χ4n) is 2.79. The largest absolute Gasteiger partial charge is 0.378 e. The number of Topliss-reactive ketones (excluding diaryl/α,β-unsaturated/α-hetero) is 1. The Labute approximate surface area is 121 Å². The second-order valence-corrected chi connectivity index (χ2v) is 5.60. The Hall–Kier alpha value is -1.19. The molecule has 1 atom stereocenters. The van der Waals surface area contributed by atoms with Gasteiger partial charge in [-0.1, -0.05) is 29.8 Å². The van der Waals surface area contributed by atoms with Gasteiger partial charge in [-0.25, -0.2) is 0 Å². The van der Waals surface area contributed by atoms with Gasteiger partial charge in [-0.05, 0) is 33.6 Å². The van der Waals surface area contributed by atoms with Crippen molar-refractivity contribution < 1.29 is 9.53 Å². The molecule has 0 spiro atoms. The van der Waals surface area contributed by atoms with Crippen LogP contribution in [0.2, 0.25) is 0 Å². The Morgan fingerprint density at radius 3 is 2.45 bits per heavy atom. The molecule has 1 heterocycles. The first-order valence-corrected chi connectivity index (χ1v) is 7.58. The third-order valence-electron chi connectivity index (χ3n) is 4.14. The Kier molecular flexibility index (Phi) is 5.32. The highest BCUT2D eigenvalue weighted by Crippen LogP contribution is 2.18. The van der Waals surface area contributed by atoms with Crippen LogP contribution in [-0.4, -0.2) is 42.5 Å². The first-order chi connectivity index (χ1) is 9.61. The summed E-state index contributed by atoms with van der Waals surface area (Å²) in [5.74, 6) is 0.222. The Morgan fingerprint density at radius 1 is 1.30 bits per heavy atom. The van der Waals surface area contributed by atoms with Gasteiger partial charge >= 0.3 is 0 Å². The molecule has 3 heteroatoms. The van der Waals surface area contributed by atoms with E-state index in [2.05, 4.69) is 4.90 Å². The monoisotopic (exact) mass is 275 g/mol. The number of piperidine rings is 1. The van der Waals surface area contributed by atoms with Crippen LogP contribution in [0.15, 0.2) is 24.3 Å². The fourth-order valence-corrected chi connectivity index (χ4v) is 2.79. The highest BCUT2D eigenvalue weighted by Gasteiger charge is 2.27. The third kappa shape index (κ3) is 3.68. The smallest absolute Gasteiger partial charge is 0.179 e. The highest BCUT2D eigenvalue weighted by atomic mass is 16.5. The van der Waals surface area contributed by atoms with Crippen LogP contribution in [0.25, 0.3) is 0 Å². The summed E-state index contributed by atoms with van der Waals surface area (Å²) in [5.41, 5.74) is 2.00. The number of rotatable bonds is 5. The van der Waals surface area contributed by atoms with E-state index < -0.39 is 0 Å². The topological polar surface area (TPSA) is 29.5 Å². The van der Waals surface area contributed by atoms with Crippen molar-refractivity contribution in [3.05, 3.63) is 35.4 Å². The average Bonchev–Trinajstić information content (AvgIpc) is 2.48. The van der Waals surface area contributed by atoms with Crippen LogP contribution in [0.1, 0.15) is 42.6 Å². The van der Waals surface area contributed by atoms with Gasteiger partial charge in [0.1, 0.15) is 0 Å². The molecule has 0 N–H and O–H groups in total. The maximum atomic E-state index is 12.5. The first-order valence-electron chi connectivity index (χ1n) is 7.58. The molecular formula is C17H25NO2. The van der Waals surface area contributed by atoms with Crippen LogP contribution < -0.4 is 0 Å². The zero-order chi connectivity index (χ0) is 14.5. The van der Waals surface area contributed by atoms with E-state index >= 15 is 0 Å². The molecule has 1 aromatic rings. The maximum Gasteiger partial charge on any atom is 0.179 e. The maximum absolute atomic E-state index is 12.5. The van der Waals surface area contributed by atoms with E-state index in [9.17, 15) is 4.79 Å². The molecule has 0 saturated carbocycles. The fraction of sp³-hybridized carbons (Fsp3) is 0.588. The van der Waals surface area contributed by atoms with Crippen molar-refractivity contribution in [3.63, 3.8) is 0 Å². The van der Waals surface area contributed by atoms with Gasteiger partial charge in [-0.2, -0.15) is 0 Å². The number of hydrogen-bond acceptors (Lipinski definition) is 3. The lowest BCUT2D eigenvalue weighted by atomic mass is 10.00. The van der Waals surface area contributed by atoms with Crippen LogP contribution in [0.3, 0.4) is 0 Å². The van der Waals surface area contributed by atoms with Crippen molar-refractivity contribution in [2.75, 3.05) is 19.7 Å². The van der Waals surface area contributed by atoms with Crippen LogP contribution >= 0.6 is 0 Å². The lowest BCUT2D eigenvalue weighted by Crippen LogP contribution is -2.45. The molecule has 1 aliphatic rings. The van der Waals surface area contributed by atoms with E-state index in [1.54, 1.807) is 0 Å². The number of hydrogen-bond donors (Lipinski definition) is 0. The van der Waals surface area contributed by atoms with Crippen molar-refractivity contribution in [1.82, 2.24) is 4.90 Å². The lowest BCUT2D eigenvalue weighted by Gasteiger charge is -2.35. The van der Waals surface area contributed by atoms with Gasteiger partial charge in [0.15, 0.2) is 5.78 Å². The zero-order valence-electron chi connectivity index (χ0n) is 12.8. The van der Waals surface area contributed by atoms with Crippen LogP contribution in [0.4, 0.5) is 0 Å². The van der Waals surface area contributed by atoms with Crippen molar-refractivity contribution in [3.8, 4) is 0 Å². The van der Waals surface area contributed by atoms with E-state index in [1.165, 1.54) is 5.56 Å². The molecule has 1 aliphatic heterocycles. The summed E-state index contributed by atoms with van der Waals surface area (Å²) in [7, 11) is 0. The molecule has 0 radical (unpaired) electrons. The molecule has 0 aliphatic carbocycles. The second-order valence-electron chi connectivity index (χ2n) is 5.60. The molecule has 3 nitrogen and oxygen atoms in total. The third-order valence-corrected chi connectivity index (χ3v) is 4.14. The highest BCUT2D eigenvalue weighted by molar-refractivity contribution is 5.99. The van der Waals surface area contributed by atoms with E-state index in [1.807, 2.05) is 45.0 Å². The number of carbonyl (C=O) groups is 1. The molecule has 1 fully saturated rings. The number of nitrogens with zero attached hydrogens (tertiary/aromatic N) is 1. The minimum atomic E-state index is -0.0414. The van der Waals surface area contributed by atoms with Gasteiger partial charge in [-0.3, -0.25) is 9.69 Å². The summed E-state index contributed by atoms with van der Waals surface area (Å²) in [6.45, 7) is 8.77. The first kappa shape index (κ1) is 15.2. The van der Waals surface area contributed by atoms with Crippen LogP contribution in [0, 0.1) is 6.92 Å². The lowest BCUT2D eigenvalue weighted by molar-refractivity contribution is 0.00677. The van der Waals surface area contributed by atoms with Gasteiger partial charge in [0.05, 0.1) is 12.1 Å². The summed E-state index contributed by atoms with van der Waals surface area (Å²) in [6, 6.07) is 7.82. The van der Waals surface area contributed by atoms with Crippen molar-refractivity contribution in [2.24, 2.45) is 0 Å². The molecule has 110 valence electrons. The average molecular weight is 275 g/mol. The van der Waals surface area contributed by atoms with E-state index in [4.69, 9.17) is 4.74 Å². The predicted molar refractivity (Wildman–Crippen MR) is 81.2 cm³/mol. The standard InChI is InChI=1S/C17H25NO2/c1-4-20-16-9-11-18(12-10-16)14(3)17(19)15-7-5-13(2)6-8-15/h5-8,14,16H,4,9-12H2,1-3H3. The SMILES string of the molecule is CCOC1CCN(C(C)C(=O)c2ccc(C)cc2)CC1. The zero-order valence-corrected chi connectivity index (χ0v) is 12.8. The number of ketones is 1. The number of carbonyl (C=O) groups excluding carboxylic acids is 1. The number of benzene rings is 1. The minimum Gasteiger partial charge on any atom is -0.378 e. The predicted octanol–water partition coefficient (Wildman–Crippen LogP) is 3.07. The van der Waals surface area contributed by atoms with Crippen molar-refractivity contribution >= 4 is 5.78 Å². The van der Waals surface area contributed by atoms with Crippen LogP contribution in [0.5, 0.6) is 0 Å². The Bertz CT molecular complexity index is 433. The molecule has 0 aromatic heterocycles. The van der Waals surface area contributed by atoms with Crippen LogP contribution in [-0.2, 0) is 4.74 Å². The molecule has 0 bridgehead atoms. The van der Waals surface area contributed by atoms with Gasteiger partial charge in [0, 0.05) is 25.3 Å². The molecule has 20 heavy (non-hydrogen) atoms. The second kappa shape index (κ2) is 7.00. The van der Waals surface area contributed by atoms with Gasteiger partial charge in [0.2, 0.25) is 0 Å². The van der Waals surface area contributed by atoms with E-state index in [-0.39, 0.29) is 11.8 Å². The molecule has 1 unspecified atom stereocenters. The quantitative estimate of drug-likeness (QED) is 0.773. The van der Waals surface area contributed by atoms with Gasteiger partial charge < -0.3 is 4.74 Å². The molecular weight excluding hydrogens is 250 g/mol. The summed E-state index contributed by atoms with van der Waals surface area (Å²) in [4.78, 5) is 14.8.